The van der Waals surface area contributed by atoms with Crippen LogP contribution in [-0.2, 0) is 11.8 Å². The Balaban J connectivity index is 1.92. The van der Waals surface area contributed by atoms with Crippen molar-refractivity contribution >= 4 is 11.4 Å². The van der Waals surface area contributed by atoms with Crippen molar-refractivity contribution in [3.8, 4) is 0 Å². The molecule has 0 radical (unpaired) electrons. The first kappa shape index (κ1) is 12.5. The van der Waals surface area contributed by atoms with E-state index >= 15 is 0 Å². The zero-order valence-corrected chi connectivity index (χ0v) is 12.4. The molecule has 0 spiro atoms. The van der Waals surface area contributed by atoms with Crippen LogP contribution >= 0.6 is 0 Å². The first-order valence-corrected chi connectivity index (χ1v) is 8.00. The van der Waals surface area contributed by atoms with Gasteiger partial charge in [-0.15, -0.1) is 0 Å². The molecule has 4 N–H and O–H groups in total. The van der Waals surface area contributed by atoms with Gasteiger partial charge >= 0.3 is 0 Å². The zero-order chi connectivity index (χ0) is 13.9. The predicted octanol–water partition coefficient (Wildman–Crippen LogP) is 2.54. The van der Waals surface area contributed by atoms with E-state index in [9.17, 15) is 0 Å². The average molecular weight is 271 g/mol. The second-order valence-corrected chi connectivity index (χ2v) is 7.15. The van der Waals surface area contributed by atoms with Crippen LogP contribution in [0.2, 0.25) is 0 Å². The molecule has 1 saturated heterocycles. The van der Waals surface area contributed by atoms with Gasteiger partial charge in [0, 0.05) is 11.5 Å². The quantitative estimate of drug-likeness (QED) is 0.713. The molecule has 1 saturated carbocycles. The van der Waals surface area contributed by atoms with Gasteiger partial charge < -0.3 is 16.4 Å². The van der Waals surface area contributed by atoms with Gasteiger partial charge in [-0.2, -0.15) is 0 Å². The van der Waals surface area contributed by atoms with Gasteiger partial charge in [-0.1, -0.05) is 12.8 Å². The maximum atomic E-state index is 6.12. The summed E-state index contributed by atoms with van der Waals surface area (Å²) in [6.45, 7) is 1.23. The molecule has 0 aromatic heterocycles. The number of anilines is 2. The molecule has 1 aromatic rings. The molecule has 0 unspecified atom stereocenters. The van der Waals surface area contributed by atoms with E-state index in [1.54, 1.807) is 5.56 Å². The third kappa shape index (κ3) is 1.50. The SMILES string of the molecule is CN1CC[C@]23CCCC[C@H]2[C@H]1Cc1cc(N)c(N)cc13. The number of rotatable bonds is 0. The van der Waals surface area contributed by atoms with E-state index in [1.165, 1.54) is 44.2 Å². The molecular weight excluding hydrogens is 246 g/mol. The monoisotopic (exact) mass is 271 g/mol. The maximum absolute atomic E-state index is 6.12. The smallest absolute Gasteiger partial charge is 0.0550 e. The van der Waals surface area contributed by atoms with Crippen LogP contribution < -0.4 is 11.5 Å². The Morgan fingerprint density at radius 3 is 2.80 bits per heavy atom. The molecule has 20 heavy (non-hydrogen) atoms. The topological polar surface area (TPSA) is 55.3 Å². The normalized spacial score (nSPS) is 36.2. The molecule has 1 aliphatic heterocycles. The van der Waals surface area contributed by atoms with Gasteiger partial charge in [-0.25, -0.2) is 0 Å². The van der Waals surface area contributed by atoms with Crippen molar-refractivity contribution in [2.45, 2.75) is 50.0 Å². The summed E-state index contributed by atoms with van der Waals surface area (Å²) < 4.78 is 0. The summed E-state index contributed by atoms with van der Waals surface area (Å²) in [5.74, 6) is 0.825. The standard InChI is InChI=1S/C17H25N3/c1-20-7-6-17-5-3-2-4-12(17)16(20)9-11-8-14(18)15(19)10-13(11)17/h8,10,12,16H,2-7,9,18-19H2,1H3/t12-,16+,17+/m0/s1. The number of nitrogen functional groups attached to an aromatic ring is 2. The van der Waals surface area contributed by atoms with E-state index < -0.39 is 0 Å². The van der Waals surface area contributed by atoms with Crippen LogP contribution in [0.3, 0.4) is 0 Å². The first-order valence-electron chi connectivity index (χ1n) is 8.00. The number of hydrogen-bond donors (Lipinski definition) is 2. The fourth-order valence-electron chi connectivity index (χ4n) is 5.29. The molecule has 3 atom stereocenters. The van der Waals surface area contributed by atoms with Gasteiger partial charge in [-0.05, 0) is 68.5 Å². The van der Waals surface area contributed by atoms with Crippen LogP contribution in [0, 0.1) is 5.92 Å². The summed E-state index contributed by atoms with van der Waals surface area (Å²) in [6, 6.07) is 5.08. The van der Waals surface area contributed by atoms with Gasteiger partial charge in [0.15, 0.2) is 0 Å². The van der Waals surface area contributed by atoms with Crippen LogP contribution in [-0.4, -0.2) is 24.5 Å². The second-order valence-electron chi connectivity index (χ2n) is 7.15. The molecular formula is C17H25N3. The first-order chi connectivity index (χ1) is 9.62. The van der Waals surface area contributed by atoms with Crippen molar-refractivity contribution in [3.63, 3.8) is 0 Å². The van der Waals surface area contributed by atoms with Crippen LogP contribution in [0.25, 0.3) is 0 Å². The predicted molar refractivity (Wildman–Crippen MR) is 83.6 cm³/mol. The highest BCUT2D eigenvalue weighted by atomic mass is 15.1. The number of benzene rings is 1. The summed E-state index contributed by atoms with van der Waals surface area (Å²) in [6.07, 6.45) is 7.95. The third-order valence-corrected chi connectivity index (χ3v) is 6.31. The zero-order valence-electron chi connectivity index (χ0n) is 12.4. The van der Waals surface area contributed by atoms with Gasteiger partial charge in [0.1, 0.15) is 0 Å². The van der Waals surface area contributed by atoms with Crippen LogP contribution in [0.15, 0.2) is 12.1 Å². The summed E-state index contributed by atoms with van der Waals surface area (Å²) in [4.78, 5) is 2.59. The Hall–Kier alpha value is -1.22. The maximum Gasteiger partial charge on any atom is 0.0550 e. The summed E-state index contributed by atoms with van der Waals surface area (Å²) in [5.41, 5.74) is 17.1. The average Bonchev–Trinajstić information content (AvgIpc) is 2.45. The molecule has 2 aliphatic carbocycles. The van der Waals surface area contributed by atoms with E-state index in [1.807, 2.05) is 0 Å². The lowest BCUT2D eigenvalue weighted by Gasteiger charge is -2.58. The molecule has 1 heterocycles. The van der Waals surface area contributed by atoms with E-state index in [4.69, 9.17) is 11.5 Å². The van der Waals surface area contributed by atoms with Crippen molar-refractivity contribution in [3.05, 3.63) is 23.3 Å². The minimum atomic E-state index is 0.394. The van der Waals surface area contributed by atoms with Crippen molar-refractivity contribution in [2.24, 2.45) is 5.92 Å². The molecule has 2 fully saturated rings. The Labute approximate surface area is 121 Å². The van der Waals surface area contributed by atoms with Gasteiger partial charge in [-0.3, -0.25) is 0 Å². The summed E-state index contributed by atoms with van der Waals surface area (Å²) >= 11 is 0. The lowest BCUT2D eigenvalue weighted by molar-refractivity contribution is 0.00293. The Morgan fingerprint density at radius 1 is 1.15 bits per heavy atom. The number of nitrogens with two attached hydrogens (primary N) is 2. The van der Waals surface area contributed by atoms with Crippen LogP contribution in [0.5, 0.6) is 0 Å². The van der Waals surface area contributed by atoms with Crippen molar-refractivity contribution in [1.29, 1.82) is 0 Å². The molecule has 0 amide bonds. The number of likely N-dealkylation sites (N-methyl/N-ethyl adjacent to an activating group) is 1. The molecule has 3 heteroatoms. The number of fused-ring (bicyclic) bond motifs is 1. The van der Waals surface area contributed by atoms with E-state index in [-0.39, 0.29) is 0 Å². The number of likely N-dealkylation sites (tertiary alicyclic amines) is 1. The fraction of sp³-hybridized carbons (Fsp3) is 0.647. The minimum absolute atomic E-state index is 0.394. The fourth-order valence-corrected chi connectivity index (χ4v) is 5.29. The highest BCUT2D eigenvalue weighted by Crippen LogP contribution is 2.56. The van der Waals surface area contributed by atoms with Gasteiger partial charge in [0.05, 0.1) is 11.4 Å². The van der Waals surface area contributed by atoms with Crippen molar-refractivity contribution < 1.29 is 0 Å². The number of hydrogen-bond acceptors (Lipinski definition) is 3. The number of piperidine rings is 1. The molecule has 3 nitrogen and oxygen atoms in total. The lowest BCUT2D eigenvalue weighted by atomic mass is 9.52. The minimum Gasteiger partial charge on any atom is -0.397 e. The van der Waals surface area contributed by atoms with Crippen LogP contribution in [0.4, 0.5) is 11.4 Å². The molecule has 3 aliphatic rings. The van der Waals surface area contributed by atoms with Gasteiger partial charge in [0.25, 0.3) is 0 Å². The summed E-state index contributed by atoms with van der Waals surface area (Å²) in [7, 11) is 2.30. The number of nitrogens with zero attached hydrogens (tertiary/aromatic N) is 1. The highest BCUT2D eigenvalue weighted by Gasteiger charge is 2.53. The highest BCUT2D eigenvalue weighted by molar-refractivity contribution is 5.67. The largest absolute Gasteiger partial charge is 0.397 e. The Morgan fingerprint density at radius 2 is 1.95 bits per heavy atom. The second kappa shape index (κ2) is 4.14. The van der Waals surface area contributed by atoms with E-state index in [2.05, 4.69) is 24.1 Å². The molecule has 1 aromatic carbocycles. The Kier molecular flexibility index (Phi) is 2.59. The van der Waals surface area contributed by atoms with Crippen molar-refractivity contribution in [2.75, 3.05) is 25.1 Å². The van der Waals surface area contributed by atoms with Gasteiger partial charge in [0.2, 0.25) is 0 Å². The Bertz CT molecular complexity index is 553. The molecule has 2 bridgehead atoms. The van der Waals surface area contributed by atoms with Crippen LogP contribution in [0.1, 0.15) is 43.2 Å². The molecule has 4 rings (SSSR count). The van der Waals surface area contributed by atoms with Crippen molar-refractivity contribution in [1.82, 2.24) is 4.90 Å². The van der Waals surface area contributed by atoms with E-state index in [0.717, 1.165) is 23.7 Å². The lowest BCUT2D eigenvalue weighted by Crippen LogP contribution is -2.59. The van der Waals surface area contributed by atoms with E-state index in [0.29, 0.717) is 11.5 Å². The molecule has 108 valence electrons. The third-order valence-electron chi connectivity index (χ3n) is 6.31. The summed E-state index contributed by atoms with van der Waals surface area (Å²) in [5, 5.41) is 0.